The fourth-order valence-corrected chi connectivity index (χ4v) is 4.48. The van der Waals surface area contributed by atoms with E-state index in [-0.39, 0.29) is 5.78 Å². The third-order valence-corrected chi connectivity index (χ3v) is 6.05. The number of ketones is 1. The Morgan fingerprint density at radius 3 is 2.68 bits per heavy atom. The summed E-state index contributed by atoms with van der Waals surface area (Å²) >= 11 is 6.55. The fourth-order valence-electron chi connectivity index (χ4n) is 4.24. The van der Waals surface area contributed by atoms with Crippen LogP contribution in [-0.4, -0.2) is 34.8 Å². The lowest BCUT2D eigenvalue weighted by atomic mass is 9.85. The van der Waals surface area contributed by atoms with E-state index in [1.54, 1.807) is 18.9 Å². The van der Waals surface area contributed by atoms with Gasteiger partial charge in [-0.1, -0.05) is 29.8 Å². The largest absolute Gasteiger partial charge is 0.493 e. The van der Waals surface area contributed by atoms with E-state index in [4.69, 9.17) is 31.2 Å². The minimum Gasteiger partial charge on any atom is -0.493 e. The zero-order valence-electron chi connectivity index (χ0n) is 17.2. The number of anilines is 1. The van der Waals surface area contributed by atoms with Gasteiger partial charge >= 0.3 is 0 Å². The summed E-state index contributed by atoms with van der Waals surface area (Å²) in [5.74, 6) is 2.45. The van der Waals surface area contributed by atoms with Crippen LogP contribution in [0.2, 0.25) is 5.02 Å². The minimum absolute atomic E-state index is 0.118. The second-order valence-electron chi connectivity index (χ2n) is 7.49. The SMILES string of the molecule is COc1ccc(-c2nc3n(n2)[C@H](c2ccccc2Cl)C2=C(CCCC2=O)N3)cc1OC. The van der Waals surface area contributed by atoms with Crippen molar-refractivity contribution in [2.45, 2.75) is 25.3 Å². The number of aromatic nitrogens is 3. The van der Waals surface area contributed by atoms with Crippen LogP contribution in [0.3, 0.4) is 0 Å². The lowest BCUT2D eigenvalue weighted by Crippen LogP contribution is -2.31. The van der Waals surface area contributed by atoms with Gasteiger partial charge in [0.15, 0.2) is 23.1 Å². The van der Waals surface area contributed by atoms with Gasteiger partial charge in [0.05, 0.1) is 14.2 Å². The summed E-state index contributed by atoms with van der Waals surface area (Å²) in [5, 5.41) is 8.71. The predicted octanol–water partition coefficient (Wildman–Crippen LogP) is 4.64. The van der Waals surface area contributed by atoms with Crippen molar-refractivity contribution in [1.82, 2.24) is 14.8 Å². The Morgan fingerprint density at radius 2 is 1.90 bits per heavy atom. The zero-order chi connectivity index (χ0) is 21.5. The van der Waals surface area contributed by atoms with E-state index in [0.717, 1.165) is 35.2 Å². The average Bonchev–Trinajstić information content (AvgIpc) is 3.21. The maximum atomic E-state index is 12.9. The lowest BCUT2D eigenvalue weighted by molar-refractivity contribution is -0.116. The van der Waals surface area contributed by atoms with Gasteiger partial charge in [0, 0.05) is 33.8 Å². The molecule has 0 saturated carbocycles. The summed E-state index contributed by atoms with van der Waals surface area (Å²) in [7, 11) is 3.18. The zero-order valence-corrected chi connectivity index (χ0v) is 17.9. The van der Waals surface area contributed by atoms with Crippen molar-refractivity contribution in [1.29, 1.82) is 0 Å². The Bertz CT molecular complexity index is 1220. The first kappa shape index (κ1) is 19.6. The van der Waals surface area contributed by atoms with E-state index < -0.39 is 6.04 Å². The van der Waals surface area contributed by atoms with Crippen LogP contribution in [0.1, 0.15) is 30.9 Å². The Kier molecular flexibility index (Phi) is 4.90. The van der Waals surface area contributed by atoms with E-state index in [9.17, 15) is 4.79 Å². The molecule has 158 valence electrons. The van der Waals surface area contributed by atoms with Crippen molar-refractivity contribution in [3.8, 4) is 22.9 Å². The third-order valence-electron chi connectivity index (χ3n) is 5.71. The van der Waals surface area contributed by atoms with E-state index in [2.05, 4.69) is 5.32 Å². The molecule has 0 saturated heterocycles. The number of ether oxygens (including phenoxy) is 2. The topological polar surface area (TPSA) is 78.3 Å². The number of rotatable bonds is 4. The number of carbonyl (C=O) groups is 1. The van der Waals surface area contributed by atoms with Crippen LogP contribution >= 0.6 is 11.6 Å². The van der Waals surface area contributed by atoms with Crippen LogP contribution in [0.25, 0.3) is 11.4 Å². The molecule has 31 heavy (non-hydrogen) atoms. The Balaban J connectivity index is 1.66. The molecule has 0 fully saturated rings. The summed E-state index contributed by atoms with van der Waals surface area (Å²) < 4.78 is 12.5. The number of hydrogen-bond acceptors (Lipinski definition) is 6. The number of fused-ring (bicyclic) bond motifs is 1. The normalized spacial score (nSPS) is 17.6. The Labute approximate surface area is 184 Å². The molecule has 1 N–H and O–H groups in total. The van der Waals surface area contributed by atoms with Gasteiger partial charge in [-0.25, -0.2) is 4.68 Å². The van der Waals surface area contributed by atoms with Gasteiger partial charge in [0.25, 0.3) is 0 Å². The Morgan fingerprint density at radius 1 is 1.10 bits per heavy atom. The number of nitrogens with zero attached hydrogens (tertiary/aromatic N) is 3. The molecule has 3 aromatic rings. The molecule has 0 bridgehead atoms. The maximum Gasteiger partial charge on any atom is 0.226 e. The van der Waals surface area contributed by atoms with Crippen molar-refractivity contribution >= 4 is 23.3 Å². The number of Topliss-reactive ketones (excluding diaryl/α,β-unsaturated/α-hetero) is 1. The summed E-state index contributed by atoms with van der Waals surface area (Å²) in [4.78, 5) is 17.7. The van der Waals surface area contributed by atoms with Gasteiger partial charge in [0.2, 0.25) is 5.95 Å². The first-order valence-electron chi connectivity index (χ1n) is 10.1. The van der Waals surface area contributed by atoms with Crippen molar-refractivity contribution in [3.05, 3.63) is 64.3 Å². The number of allylic oxidation sites excluding steroid dienone is 2. The highest BCUT2D eigenvalue weighted by atomic mass is 35.5. The van der Waals surface area contributed by atoms with Gasteiger partial charge in [-0.3, -0.25) is 4.79 Å². The molecule has 0 unspecified atom stereocenters. The van der Waals surface area contributed by atoms with E-state index in [0.29, 0.717) is 34.7 Å². The predicted molar refractivity (Wildman–Crippen MR) is 118 cm³/mol. The van der Waals surface area contributed by atoms with E-state index in [1.165, 1.54) is 0 Å². The number of methoxy groups -OCH3 is 2. The molecule has 2 heterocycles. The number of halogens is 1. The molecular formula is C23H21ClN4O3. The average molecular weight is 437 g/mol. The first-order valence-corrected chi connectivity index (χ1v) is 10.4. The highest BCUT2D eigenvalue weighted by Crippen LogP contribution is 2.42. The molecule has 7 nitrogen and oxygen atoms in total. The summed E-state index contributed by atoms with van der Waals surface area (Å²) in [6.45, 7) is 0. The van der Waals surface area contributed by atoms with Crippen molar-refractivity contribution < 1.29 is 14.3 Å². The summed E-state index contributed by atoms with van der Waals surface area (Å²) in [5.41, 5.74) is 3.23. The second-order valence-corrected chi connectivity index (χ2v) is 7.90. The first-order chi connectivity index (χ1) is 15.1. The van der Waals surface area contributed by atoms with Crippen molar-refractivity contribution in [3.63, 3.8) is 0 Å². The van der Waals surface area contributed by atoms with Crippen LogP contribution in [0, 0.1) is 0 Å². The fraction of sp³-hybridized carbons (Fsp3) is 0.261. The Hall–Kier alpha value is -3.32. The molecule has 5 rings (SSSR count). The van der Waals surface area contributed by atoms with Gasteiger partial charge in [-0.2, -0.15) is 4.98 Å². The van der Waals surface area contributed by atoms with Crippen molar-refractivity contribution in [2.75, 3.05) is 19.5 Å². The number of nitrogens with one attached hydrogen (secondary N) is 1. The van der Waals surface area contributed by atoms with Crippen LogP contribution in [0.4, 0.5) is 5.95 Å². The highest BCUT2D eigenvalue weighted by Gasteiger charge is 2.37. The highest BCUT2D eigenvalue weighted by molar-refractivity contribution is 6.31. The standard InChI is InChI=1S/C23H21ClN4O3/c1-30-18-11-10-13(12-19(18)31-2)22-26-23-25-16-8-5-9-17(29)20(16)21(28(23)27-22)14-6-3-4-7-15(14)24/h3-4,6-7,10-12,21H,5,8-9H2,1-2H3,(H,25,26,27)/t21-/m1/s1. The summed E-state index contributed by atoms with van der Waals surface area (Å²) in [6, 6.07) is 12.7. The van der Waals surface area contributed by atoms with Gasteiger partial charge in [-0.15, -0.1) is 5.10 Å². The smallest absolute Gasteiger partial charge is 0.226 e. The maximum absolute atomic E-state index is 12.9. The molecule has 1 aliphatic heterocycles. The van der Waals surface area contributed by atoms with Gasteiger partial charge in [-0.05, 0) is 37.1 Å². The number of benzene rings is 2. The van der Waals surface area contributed by atoms with Crippen molar-refractivity contribution in [2.24, 2.45) is 0 Å². The van der Waals surface area contributed by atoms with Crippen LogP contribution in [-0.2, 0) is 4.79 Å². The van der Waals surface area contributed by atoms with E-state index >= 15 is 0 Å². The minimum atomic E-state index is -0.422. The third kappa shape index (κ3) is 3.25. The van der Waals surface area contributed by atoms with Crippen LogP contribution in [0.5, 0.6) is 11.5 Å². The monoisotopic (exact) mass is 436 g/mol. The second kappa shape index (κ2) is 7.74. The molecule has 8 heteroatoms. The number of carbonyl (C=O) groups excluding carboxylic acids is 1. The lowest BCUT2D eigenvalue weighted by Gasteiger charge is -2.32. The van der Waals surface area contributed by atoms with Crippen LogP contribution in [0.15, 0.2) is 53.7 Å². The van der Waals surface area contributed by atoms with Gasteiger partial charge < -0.3 is 14.8 Å². The molecular weight excluding hydrogens is 416 g/mol. The summed E-state index contributed by atoms with van der Waals surface area (Å²) in [6.07, 6.45) is 2.13. The molecule has 1 aliphatic carbocycles. The van der Waals surface area contributed by atoms with Crippen LogP contribution < -0.4 is 14.8 Å². The molecule has 2 aliphatic rings. The molecule has 0 spiro atoms. The number of hydrogen-bond donors (Lipinski definition) is 1. The molecule has 1 aromatic heterocycles. The molecule has 2 aromatic carbocycles. The molecule has 1 atom stereocenters. The quantitative estimate of drug-likeness (QED) is 0.642. The van der Waals surface area contributed by atoms with Gasteiger partial charge in [0.1, 0.15) is 6.04 Å². The molecule has 0 radical (unpaired) electrons. The molecule has 0 amide bonds. The van der Waals surface area contributed by atoms with E-state index in [1.807, 2.05) is 42.5 Å².